The van der Waals surface area contributed by atoms with Crippen molar-refractivity contribution in [1.82, 2.24) is 4.90 Å². The van der Waals surface area contributed by atoms with Crippen LogP contribution in [-0.4, -0.2) is 47.5 Å². The number of carbonyl (C=O) groups excluding carboxylic acids is 3. The van der Waals surface area contributed by atoms with Crippen molar-refractivity contribution in [2.24, 2.45) is 5.73 Å². The van der Waals surface area contributed by atoms with Gasteiger partial charge in [0.25, 0.3) is 11.8 Å². The second kappa shape index (κ2) is 9.05. The molecule has 7 heteroatoms. The number of hydrogen-bond donors (Lipinski definition) is 1. The van der Waals surface area contributed by atoms with Gasteiger partial charge in [-0.3, -0.25) is 9.59 Å². The Morgan fingerprint density at radius 1 is 1.04 bits per heavy atom. The topological polar surface area (TPSA) is 98.9 Å². The zero-order valence-corrected chi connectivity index (χ0v) is 15.3. The van der Waals surface area contributed by atoms with Gasteiger partial charge in [-0.15, -0.1) is 0 Å². The molecule has 0 saturated carbocycles. The van der Waals surface area contributed by atoms with Crippen LogP contribution in [0.5, 0.6) is 5.75 Å². The summed E-state index contributed by atoms with van der Waals surface area (Å²) in [7, 11) is 0. The summed E-state index contributed by atoms with van der Waals surface area (Å²) in [6.45, 7) is 8.69. The molecule has 0 fully saturated rings. The highest BCUT2D eigenvalue weighted by atomic mass is 16.6. The lowest BCUT2D eigenvalue weighted by atomic mass is 10.2. The quantitative estimate of drug-likeness (QED) is 0.720. The Morgan fingerprint density at radius 3 is 2.12 bits per heavy atom. The number of nitrogens with zero attached hydrogens (tertiary/aromatic N) is 1. The third kappa shape index (κ3) is 5.77. The minimum Gasteiger partial charge on any atom is -0.481 e. The molecule has 1 atom stereocenters. The normalized spacial score (nSPS) is 12.0. The third-order valence-electron chi connectivity index (χ3n) is 3.52. The minimum absolute atomic E-state index is 0.00709. The summed E-state index contributed by atoms with van der Waals surface area (Å²) >= 11 is 0. The first-order chi connectivity index (χ1) is 11.6. The smallest absolute Gasteiger partial charge is 0.344 e. The molecule has 1 aromatic rings. The molecule has 138 valence electrons. The van der Waals surface area contributed by atoms with Gasteiger partial charge in [0, 0.05) is 12.1 Å². The first kappa shape index (κ1) is 20.5. The monoisotopic (exact) mass is 350 g/mol. The molecular weight excluding hydrogens is 324 g/mol. The van der Waals surface area contributed by atoms with E-state index in [1.54, 1.807) is 17.0 Å². The summed E-state index contributed by atoms with van der Waals surface area (Å²) in [5.41, 5.74) is 5.42. The molecule has 2 N–H and O–H groups in total. The van der Waals surface area contributed by atoms with Crippen LogP contribution >= 0.6 is 0 Å². The van der Waals surface area contributed by atoms with Gasteiger partial charge in [0.2, 0.25) is 0 Å². The number of carbonyl (C=O) groups is 3. The van der Waals surface area contributed by atoms with Crippen molar-refractivity contribution in [2.75, 3.05) is 6.61 Å². The Kier molecular flexibility index (Phi) is 7.42. The van der Waals surface area contributed by atoms with Crippen LogP contribution in [0.25, 0.3) is 0 Å². The number of primary amides is 1. The molecule has 7 nitrogen and oxygen atoms in total. The van der Waals surface area contributed by atoms with E-state index in [9.17, 15) is 14.4 Å². The summed E-state index contributed by atoms with van der Waals surface area (Å²) in [5, 5.41) is 0. The molecule has 0 radical (unpaired) electrons. The second-order valence-corrected chi connectivity index (χ2v) is 6.21. The van der Waals surface area contributed by atoms with E-state index in [0.29, 0.717) is 0 Å². The van der Waals surface area contributed by atoms with Crippen molar-refractivity contribution in [1.29, 1.82) is 0 Å². The molecule has 25 heavy (non-hydrogen) atoms. The lowest BCUT2D eigenvalue weighted by Crippen LogP contribution is -2.47. The highest BCUT2D eigenvalue weighted by Crippen LogP contribution is 2.17. The van der Waals surface area contributed by atoms with E-state index in [1.165, 1.54) is 19.1 Å². The van der Waals surface area contributed by atoms with Crippen LogP contribution < -0.4 is 10.5 Å². The summed E-state index contributed by atoms with van der Waals surface area (Å²) < 4.78 is 10.4. The number of para-hydroxylation sites is 1. The Labute approximate surface area is 148 Å². The van der Waals surface area contributed by atoms with E-state index in [4.69, 9.17) is 15.2 Å². The average molecular weight is 350 g/mol. The molecular formula is C18H26N2O5. The first-order valence-electron chi connectivity index (χ1n) is 8.18. The van der Waals surface area contributed by atoms with Gasteiger partial charge < -0.3 is 20.1 Å². The van der Waals surface area contributed by atoms with Crippen molar-refractivity contribution in [3.8, 4) is 5.75 Å². The van der Waals surface area contributed by atoms with E-state index in [1.807, 2.05) is 27.7 Å². The predicted octanol–water partition coefficient (Wildman–Crippen LogP) is 1.74. The van der Waals surface area contributed by atoms with Crippen molar-refractivity contribution in [2.45, 2.75) is 52.8 Å². The minimum atomic E-state index is -0.924. The van der Waals surface area contributed by atoms with Gasteiger partial charge in [0.05, 0.1) is 5.56 Å². The number of hydrogen-bond acceptors (Lipinski definition) is 5. The largest absolute Gasteiger partial charge is 0.481 e. The molecule has 0 bridgehead atoms. The molecule has 0 aliphatic heterocycles. The number of amides is 2. The summed E-state index contributed by atoms with van der Waals surface area (Å²) in [4.78, 5) is 37.3. The summed E-state index contributed by atoms with van der Waals surface area (Å²) in [5.74, 6) is -1.43. The fraction of sp³-hybridized carbons (Fsp3) is 0.500. The maximum atomic E-state index is 12.4. The predicted molar refractivity (Wildman–Crippen MR) is 93.1 cm³/mol. The fourth-order valence-electron chi connectivity index (χ4n) is 2.53. The lowest BCUT2D eigenvalue weighted by molar-refractivity contribution is -0.162. The zero-order chi connectivity index (χ0) is 19.1. The van der Waals surface area contributed by atoms with Crippen LogP contribution in [0.2, 0.25) is 0 Å². The van der Waals surface area contributed by atoms with Crippen molar-refractivity contribution < 1.29 is 23.9 Å². The highest BCUT2D eigenvalue weighted by Gasteiger charge is 2.27. The van der Waals surface area contributed by atoms with Gasteiger partial charge in [-0.2, -0.15) is 0 Å². The first-order valence-corrected chi connectivity index (χ1v) is 8.18. The van der Waals surface area contributed by atoms with Gasteiger partial charge >= 0.3 is 5.97 Å². The SMILES string of the molecule is CC(C)N(C(=O)[C@@H](C)OC(=O)COc1ccccc1C(N)=O)C(C)C. The van der Waals surface area contributed by atoms with Crippen LogP contribution in [0.1, 0.15) is 45.0 Å². The van der Waals surface area contributed by atoms with E-state index < -0.39 is 24.6 Å². The van der Waals surface area contributed by atoms with Crippen LogP contribution in [0.3, 0.4) is 0 Å². The molecule has 1 aromatic carbocycles. The third-order valence-corrected chi connectivity index (χ3v) is 3.52. The zero-order valence-electron chi connectivity index (χ0n) is 15.3. The van der Waals surface area contributed by atoms with Gasteiger partial charge in [-0.1, -0.05) is 12.1 Å². The van der Waals surface area contributed by atoms with Crippen molar-refractivity contribution in [3.63, 3.8) is 0 Å². The average Bonchev–Trinajstić information content (AvgIpc) is 2.52. The number of esters is 1. The standard InChI is InChI=1S/C18H26N2O5/c1-11(2)20(12(3)4)18(23)13(5)25-16(21)10-24-15-9-7-6-8-14(15)17(19)22/h6-9,11-13H,10H2,1-5H3,(H2,19,22)/t13-/m1/s1. The molecule has 0 heterocycles. The number of rotatable bonds is 8. The van der Waals surface area contributed by atoms with E-state index in [-0.39, 0.29) is 29.3 Å². The summed E-state index contributed by atoms with van der Waals surface area (Å²) in [6.07, 6.45) is -0.924. The molecule has 0 aliphatic rings. The van der Waals surface area contributed by atoms with Crippen LogP contribution in [0.4, 0.5) is 0 Å². The van der Waals surface area contributed by atoms with Gasteiger partial charge in [0.15, 0.2) is 12.7 Å². The Hall–Kier alpha value is -2.57. The second-order valence-electron chi connectivity index (χ2n) is 6.21. The van der Waals surface area contributed by atoms with Crippen molar-refractivity contribution >= 4 is 17.8 Å². The fourth-order valence-corrected chi connectivity index (χ4v) is 2.53. The van der Waals surface area contributed by atoms with Crippen LogP contribution in [0.15, 0.2) is 24.3 Å². The molecule has 0 unspecified atom stereocenters. The number of ether oxygens (including phenoxy) is 2. The maximum absolute atomic E-state index is 12.4. The Balaban J connectivity index is 2.65. The lowest BCUT2D eigenvalue weighted by Gasteiger charge is -2.32. The molecule has 1 rings (SSSR count). The molecule has 0 saturated heterocycles. The van der Waals surface area contributed by atoms with Crippen LogP contribution in [0, 0.1) is 0 Å². The van der Waals surface area contributed by atoms with E-state index >= 15 is 0 Å². The molecule has 0 spiro atoms. The maximum Gasteiger partial charge on any atom is 0.344 e. The Bertz CT molecular complexity index is 620. The molecule has 0 aromatic heterocycles. The van der Waals surface area contributed by atoms with Crippen molar-refractivity contribution in [3.05, 3.63) is 29.8 Å². The number of nitrogens with two attached hydrogens (primary N) is 1. The van der Waals surface area contributed by atoms with Gasteiger partial charge in [-0.25, -0.2) is 4.79 Å². The van der Waals surface area contributed by atoms with Gasteiger partial charge in [-0.05, 0) is 46.8 Å². The Morgan fingerprint density at radius 2 is 1.60 bits per heavy atom. The van der Waals surface area contributed by atoms with Gasteiger partial charge in [0.1, 0.15) is 5.75 Å². The number of benzene rings is 1. The summed E-state index contributed by atoms with van der Waals surface area (Å²) in [6, 6.07) is 6.31. The van der Waals surface area contributed by atoms with Crippen LogP contribution in [-0.2, 0) is 14.3 Å². The molecule has 2 amide bonds. The highest BCUT2D eigenvalue weighted by molar-refractivity contribution is 5.95. The van der Waals surface area contributed by atoms with E-state index in [2.05, 4.69) is 0 Å². The molecule has 0 aliphatic carbocycles. The van der Waals surface area contributed by atoms with E-state index in [0.717, 1.165) is 0 Å².